The van der Waals surface area contributed by atoms with E-state index < -0.39 is 0 Å². The van der Waals surface area contributed by atoms with Crippen LogP contribution in [0.5, 0.6) is 0 Å². The first-order valence-electron chi connectivity index (χ1n) is 8.60. The van der Waals surface area contributed by atoms with Gasteiger partial charge in [-0.05, 0) is 30.7 Å². The number of anilines is 1. The van der Waals surface area contributed by atoms with Crippen molar-refractivity contribution >= 4 is 22.4 Å². The lowest BCUT2D eigenvalue weighted by molar-refractivity contribution is 0.102. The molecule has 2 aromatic carbocycles. The molecule has 27 heavy (non-hydrogen) atoms. The summed E-state index contributed by atoms with van der Waals surface area (Å²) in [6, 6.07) is 19.8. The largest absolute Gasteiger partial charge is 0.296 e. The van der Waals surface area contributed by atoms with Crippen LogP contribution in [0.3, 0.4) is 0 Å². The highest BCUT2D eigenvalue weighted by Gasteiger charge is 2.13. The van der Waals surface area contributed by atoms with E-state index in [1.165, 1.54) is 22.5 Å². The van der Waals surface area contributed by atoms with Gasteiger partial charge < -0.3 is 0 Å². The predicted octanol–water partition coefficient (Wildman–Crippen LogP) is 4.48. The monoisotopic (exact) mass is 374 g/mol. The summed E-state index contributed by atoms with van der Waals surface area (Å²) < 4.78 is 1.68. The SMILES string of the molecule is Cc1ccc(Cc2cnc(NC(=O)c3ccn(-c4ccccc4)n3)s2)cc1. The lowest BCUT2D eigenvalue weighted by atomic mass is 10.1. The maximum Gasteiger partial charge on any atom is 0.277 e. The van der Waals surface area contributed by atoms with Crippen molar-refractivity contribution in [2.75, 3.05) is 5.32 Å². The molecule has 0 aliphatic carbocycles. The minimum Gasteiger partial charge on any atom is -0.296 e. The van der Waals surface area contributed by atoms with Crippen LogP contribution in [0.2, 0.25) is 0 Å². The highest BCUT2D eigenvalue weighted by Crippen LogP contribution is 2.22. The molecule has 6 heteroatoms. The summed E-state index contributed by atoms with van der Waals surface area (Å²) in [6.45, 7) is 2.07. The van der Waals surface area contributed by atoms with E-state index in [1.54, 1.807) is 16.9 Å². The molecule has 0 fully saturated rings. The van der Waals surface area contributed by atoms with Gasteiger partial charge in [0.05, 0.1) is 5.69 Å². The number of carbonyl (C=O) groups excluding carboxylic acids is 1. The maximum atomic E-state index is 12.4. The molecule has 1 amide bonds. The van der Waals surface area contributed by atoms with Gasteiger partial charge in [0.25, 0.3) is 5.91 Å². The van der Waals surface area contributed by atoms with Gasteiger partial charge in [-0.15, -0.1) is 11.3 Å². The minimum absolute atomic E-state index is 0.263. The smallest absolute Gasteiger partial charge is 0.277 e. The summed E-state index contributed by atoms with van der Waals surface area (Å²) in [7, 11) is 0. The standard InChI is InChI=1S/C21H18N4OS/c1-15-7-9-16(10-8-15)13-18-14-22-21(27-18)23-20(26)19-11-12-25(24-19)17-5-3-2-4-6-17/h2-12,14H,13H2,1H3,(H,22,23,26). The Morgan fingerprint density at radius 1 is 1.07 bits per heavy atom. The summed E-state index contributed by atoms with van der Waals surface area (Å²) >= 11 is 1.48. The van der Waals surface area contributed by atoms with Crippen LogP contribution in [0, 0.1) is 6.92 Å². The lowest BCUT2D eigenvalue weighted by Gasteiger charge is -2.00. The highest BCUT2D eigenvalue weighted by molar-refractivity contribution is 7.15. The molecular formula is C21H18N4OS. The van der Waals surface area contributed by atoms with Crippen molar-refractivity contribution in [1.29, 1.82) is 0 Å². The summed E-state index contributed by atoms with van der Waals surface area (Å²) in [6.07, 6.45) is 4.38. The molecule has 2 heterocycles. The van der Waals surface area contributed by atoms with Crippen LogP contribution in [0.4, 0.5) is 5.13 Å². The normalized spacial score (nSPS) is 10.7. The van der Waals surface area contributed by atoms with Crippen molar-refractivity contribution in [3.05, 3.63) is 94.8 Å². The quantitative estimate of drug-likeness (QED) is 0.560. The van der Waals surface area contributed by atoms with Crippen LogP contribution in [-0.4, -0.2) is 20.7 Å². The molecule has 0 saturated carbocycles. The maximum absolute atomic E-state index is 12.4. The summed E-state index contributed by atoms with van der Waals surface area (Å²) in [4.78, 5) is 17.9. The van der Waals surface area contributed by atoms with Crippen LogP contribution in [-0.2, 0) is 6.42 Å². The highest BCUT2D eigenvalue weighted by atomic mass is 32.1. The topological polar surface area (TPSA) is 59.8 Å². The Morgan fingerprint density at radius 3 is 2.63 bits per heavy atom. The van der Waals surface area contributed by atoms with Gasteiger partial charge in [0.1, 0.15) is 0 Å². The molecule has 4 aromatic rings. The van der Waals surface area contributed by atoms with Crippen LogP contribution in [0.25, 0.3) is 5.69 Å². The third-order valence-electron chi connectivity index (χ3n) is 4.12. The van der Waals surface area contributed by atoms with Crippen molar-refractivity contribution in [2.45, 2.75) is 13.3 Å². The van der Waals surface area contributed by atoms with Crippen LogP contribution in [0.1, 0.15) is 26.5 Å². The van der Waals surface area contributed by atoms with Gasteiger partial charge in [0.2, 0.25) is 0 Å². The predicted molar refractivity (Wildman–Crippen MR) is 108 cm³/mol. The molecule has 1 N–H and O–H groups in total. The molecular weight excluding hydrogens is 356 g/mol. The Labute approximate surface area is 161 Å². The molecule has 0 spiro atoms. The number of carbonyl (C=O) groups is 1. The zero-order valence-electron chi connectivity index (χ0n) is 14.8. The van der Waals surface area contributed by atoms with Gasteiger partial charge in [-0.1, -0.05) is 48.0 Å². The first-order chi connectivity index (χ1) is 13.2. The number of benzene rings is 2. The van der Waals surface area contributed by atoms with Crippen molar-refractivity contribution < 1.29 is 4.79 Å². The Kier molecular flexibility index (Phi) is 4.80. The first kappa shape index (κ1) is 17.2. The van der Waals surface area contributed by atoms with E-state index in [0.29, 0.717) is 10.8 Å². The van der Waals surface area contributed by atoms with Crippen LogP contribution >= 0.6 is 11.3 Å². The van der Waals surface area contributed by atoms with Crippen LogP contribution < -0.4 is 5.32 Å². The summed E-state index contributed by atoms with van der Waals surface area (Å²) in [5.74, 6) is -0.263. The van der Waals surface area contributed by atoms with E-state index in [2.05, 4.69) is 46.6 Å². The summed E-state index contributed by atoms with van der Waals surface area (Å²) in [5, 5.41) is 7.75. The van der Waals surface area contributed by atoms with Gasteiger partial charge in [-0.2, -0.15) is 5.10 Å². The fourth-order valence-electron chi connectivity index (χ4n) is 2.68. The molecule has 0 aliphatic heterocycles. The molecule has 0 unspecified atom stereocenters. The van der Waals surface area contributed by atoms with E-state index in [1.807, 2.05) is 36.5 Å². The van der Waals surface area contributed by atoms with Crippen LogP contribution in [0.15, 0.2) is 73.1 Å². The minimum atomic E-state index is -0.263. The Balaban J connectivity index is 1.42. The number of rotatable bonds is 5. The lowest BCUT2D eigenvalue weighted by Crippen LogP contribution is -2.12. The van der Waals surface area contributed by atoms with E-state index in [9.17, 15) is 4.79 Å². The molecule has 0 atom stereocenters. The molecule has 2 aromatic heterocycles. The van der Waals surface area contributed by atoms with E-state index in [-0.39, 0.29) is 5.91 Å². The number of aromatic nitrogens is 3. The second-order valence-corrected chi connectivity index (χ2v) is 7.34. The number of hydrogen-bond acceptors (Lipinski definition) is 4. The van der Waals surface area contributed by atoms with Crippen molar-refractivity contribution in [2.24, 2.45) is 0 Å². The average Bonchev–Trinajstić information content (AvgIpc) is 3.34. The fourth-order valence-corrected chi connectivity index (χ4v) is 3.53. The molecule has 0 bridgehead atoms. The molecule has 0 aliphatic rings. The van der Waals surface area contributed by atoms with Gasteiger partial charge in [0, 0.05) is 23.7 Å². The molecule has 0 saturated heterocycles. The Bertz CT molecular complexity index is 1050. The third-order valence-corrected chi connectivity index (χ3v) is 5.03. The van der Waals surface area contributed by atoms with Crippen molar-refractivity contribution in [1.82, 2.24) is 14.8 Å². The first-order valence-corrected chi connectivity index (χ1v) is 9.42. The number of nitrogens with one attached hydrogen (secondary N) is 1. The van der Waals surface area contributed by atoms with Crippen molar-refractivity contribution in [3.8, 4) is 5.69 Å². The van der Waals surface area contributed by atoms with Gasteiger partial charge >= 0.3 is 0 Å². The number of thiazole rings is 1. The zero-order chi connectivity index (χ0) is 18.6. The van der Waals surface area contributed by atoms with Gasteiger partial charge in [0.15, 0.2) is 10.8 Å². The molecule has 5 nitrogen and oxygen atoms in total. The average molecular weight is 374 g/mol. The van der Waals surface area contributed by atoms with E-state index in [4.69, 9.17) is 0 Å². The second-order valence-electron chi connectivity index (χ2n) is 6.23. The van der Waals surface area contributed by atoms with Crippen molar-refractivity contribution in [3.63, 3.8) is 0 Å². The molecule has 134 valence electrons. The number of amides is 1. The number of para-hydroxylation sites is 1. The summed E-state index contributed by atoms with van der Waals surface area (Å²) in [5.41, 5.74) is 3.73. The van der Waals surface area contributed by atoms with Gasteiger partial charge in [-0.3, -0.25) is 10.1 Å². The van der Waals surface area contributed by atoms with Gasteiger partial charge in [-0.25, -0.2) is 9.67 Å². The fraction of sp³-hybridized carbons (Fsp3) is 0.0952. The third kappa shape index (κ3) is 4.12. The van der Waals surface area contributed by atoms with E-state index >= 15 is 0 Å². The molecule has 4 rings (SSSR count). The second kappa shape index (κ2) is 7.55. The van der Waals surface area contributed by atoms with E-state index in [0.717, 1.165) is 17.0 Å². The number of hydrogen-bond donors (Lipinski definition) is 1. The number of aryl methyl sites for hydroxylation is 1. The Morgan fingerprint density at radius 2 is 1.85 bits per heavy atom. The Hall–Kier alpha value is -3.25. The molecule has 0 radical (unpaired) electrons. The number of nitrogens with zero attached hydrogens (tertiary/aromatic N) is 3. The zero-order valence-corrected chi connectivity index (χ0v) is 15.6.